The summed E-state index contributed by atoms with van der Waals surface area (Å²) in [5.41, 5.74) is 6.11. The van der Waals surface area contributed by atoms with Crippen LogP contribution < -0.4 is 15.2 Å². The van der Waals surface area contributed by atoms with Gasteiger partial charge in [-0.3, -0.25) is 0 Å². The molecular weight excluding hydrogens is 202 g/mol. The molecule has 0 heterocycles. The molecule has 86 valence electrons. The molecule has 3 heteroatoms. The molecule has 0 aliphatic rings. The molecule has 0 saturated carbocycles. The Labute approximate surface area is 96.6 Å². The summed E-state index contributed by atoms with van der Waals surface area (Å²) in [5.74, 6) is 7.40. The van der Waals surface area contributed by atoms with Gasteiger partial charge in [0.2, 0.25) is 0 Å². The average molecular weight is 219 g/mol. The normalized spacial score (nSPS) is 10.3. The lowest BCUT2D eigenvalue weighted by atomic mass is 10.1. The van der Waals surface area contributed by atoms with Gasteiger partial charge in [-0.15, -0.1) is 0 Å². The first-order valence-electron chi connectivity index (χ1n) is 5.00. The van der Waals surface area contributed by atoms with E-state index in [-0.39, 0.29) is 0 Å². The summed E-state index contributed by atoms with van der Waals surface area (Å²) in [4.78, 5) is 0. The third-order valence-electron chi connectivity index (χ3n) is 1.88. The molecule has 0 unspecified atom stereocenters. The highest BCUT2D eigenvalue weighted by Gasteiger charge is 2.04. The maximum absolute atomic E-state index is 5.79. The largest absolute Gasteiger partial charge is 0.497 e. The fourth-order valence-electron chi connectivity index (χ4n) is 1.11. The van der Waals surface area contributed by atoms with Crippen molar-refractivity contribution in [1.82, 2.24) is 0 Å². The molecule has 0 bridgehead atoms. The predicted molar refractivity (Wildman–Crippen MR) is 64.7 cm³/mol. The van der Waals surface area contributed by atoms with Crippen LogP contribution >= 0.6 is 0 Å². The molecule has 0 aromatic heterocycles. The second-order valence-corrected chi connectivity index (χ2v) is 4.07. The third kappa shape index (κ3) is 3.84. The van der Waals surface area contributed by atoms with E-state index in [2.05, 4.69) is 11.8 Å². The van der Waals surface area contributed by atoms with Crippen LogP contribution in [0.15, 0.2) is 18.2 Å². The first kappa shape index (κ1) is 12.4. The molecule has 1 rings (SSSR count). The Kier molecular flexibility index (Phi) is 3.81. The molecule has 0 amide bonds. The van der Waals surface area contributed by atoms with Gasteiger partial charge in [-0.1, -0.05) is 11.8 Å². The number of hydrogen-bond donors (Lipinski definition) is 1. The number of methoxy groups -OCH3 is 2. The number of nitrogens with two attached hydrogens (primary N) is 1. The summed E-state index contributed by atoms with van der Waals surface area (Å²) in [6, 6.07) is 5.50. The second kappa shape index (κ2) is 4.91. The molecule has 0 aliphatic carbocycles. The van der Waals surface area contributed by atoms with E-state index in [0.717, 1.165) is 17.1 Å². The topological polar surface area (TPSA) is 44.5 Å². The van der Waals surface area contributed by atoms with Gasteiger partial charge in [0.25, 0.3) is 0 Å². The van der Waals surface area contributed by atoms with Crippen LogP contribution in [0.3, 0.4) is 0 Å². The van der Waals surface area contributed by atoms with Crippen molar-refractivity contribution in [2.45, 2.75) is 19.4 Å². The van der Waals surface area contributed by atoms with Crippen LogP contribution in [0.2, 0.25) is 0 Å². The number of hydrogen-bond acceptors (Lipinski definition) is 3. The Bertz CT molecular complexity index is 400. The van der Waals surface area contributed by atoms with E-state index >= 15 is 0 Å². The van der Waals surface area contributed by atoms with Gasteiger partial charge in [-0.2, -0.15) is 0 Å². The first-order valence-corrected chi connectivity index (χ1v) is 5.00. The van der Waals surface area contributed by atoms with Gasteiger partial charge in [0.05, 0.1) is 19.8 Å². The summed E-state index contributed by atoms with van der Waals surface area (Å²) in [5, 5.41) is 0. The van der Waals surface area contributed by atoms with Gasteiger partial charge in [-0.25, -0.2) is 0 Å². The molecule has 3 nitrogen and oxygen atoms in total. The molecule has 0 spiro atoms. The number of rotatable bonds is 2. The molecule has 0 atom stereocenters. The molecule has 0 fully saturated rings. The Balaban J connectivity index is 3.07. The predicted octanol–water partition coefficient (Wildman–Crippen LogP) is 1.79. The van der Waals surface area contributed by atoms with Gasteiger partial charge in [-0.05, 0) is 26.0 Å². The summed E-state index contributed by atoms with van der Waals surface area (Å²) in [6.45, 7) is 3.72. The lowest BCUT2D eigenvalue weighted by Crippen LogP contribution is -2.29. The summed E-state index contributed by atoms with van der Waals surface area (Å²) < 4.78 is 10.3. The highest BCUT2D eigenvalue weighted by atomic mass is 16.5. The highest BCUT2D eigenvalue weighted by Crippen LogP contribution is 2.21. The number of benzene rings is 1. The van der Waals surface area contributed by atoms with E-state index in [0.29, 0.717) is 0 Å². The van der Waals surface area contributed by atoms with Crippen LogP contribution in [-0.4, -0.2) is 19.8 Å². The quantitative estimate of drug-likeness (QED) is 0.771. The van der Waals surface area contributed by atoms with E-state index in [1.165, 1.54) is 0 Å². The van der Waals surface area contributed by atoms with Crippen LogP contribution in [-0.2, 0) is 0 Å². The molecule has 16 heavy (non-hydrogen) atoms. The monoisotopic (exact) mass is 219 g/mol. The Morgan fingerprint density at radius 2 is 1.56 bits per heavy atom. The van der Waals surface area contributed by atoms with Crippen LogP contribution in [0.25, 0.3) is 0 Å². The van der Waals surface area contributed by atoms with Crippen molar-refractivity contribution in [3.8, 4) is 23.3 Å². The molecule has 0 radical (unpaired) electrons. The second-order valence-electron chi connectivity index (χ2n) is 4.07. The van der Waals surface area contributed by atoms with E-state index in [4.69, 9.17) is 15.2 Å². The van der Waals surface area contributed by atoms with Crippen molar-refractivity contribution in [2.24, 2.45) is 5.73 Å². The lowest BCUT2D eigenvalue weighted by Gasteiger charge is -2.08. The van der Waals surface area contributed by atoms with E-state index < -0.39 is 5.54 Å². The Morgan fingerprint density at radius 1 is 1.06 bits per heavy atom. The zero-order valence-corrected chi connectivity index (χ0v) is 10.1. The minimum Gasteiger partial charge on any atom is -0.497 e. The van der Waals surface area contributed by atoms with Crippen molar-refractivity contribution < 1.29 is 9.47 Å². The van der Waals surface area contributed by atoms with Crippen molar-refractivity contribution in [3.63, 3.8) is 0 Å². The van der Waals surface area contributed by atoms with Crippen molar-refractivity contribution >= 4 is 0 Å². The minimum atomic E-state index is -0.504. The molecule has 2 N–H and O–H groups in total. The van der Waals surface area contributed by atoms with Gasteiger partial charge in [0.1, 0.15) is 11.5 Å². The SMILES string of the molecule is COc1cc(C#CC(C)(C)N)cc(OC)c1. The molecular formula is C13H17NO2. The third-order valence-corrected chi connectivity index (χ3v) is 1.88. The Hall–Kier alpha value is -1.66. The number of ether oxygens (including phenoxy) is 2. The van der Waals surface area contributed by atoms with Crippen LogP contribution in [0.5, 0.6) is 11.5 Å². The van der Waals surface area contributed by atoms with E-state index in [1.807, 2.05) is 26.0 Å². The van der Waals surface area contributed by atoms with Crippen LogP contribution in [0.4, 0.5) is 0 Å². The fourth-order valence-corrected chi connectivity index (χ4v) is 1.11. The zero-order valence-electron chi connectivity index (χ0n) is 10.1. The molecule has 1 aromatic carbocycles. The molecule has 0 aliphatic heterocycles. The zero-order chi connectivity index (χ0) is 12.2. The van der Waals surface area contributed by atoms with Crippen molar-refractivity contribution in [2.75, 3.05) is 14.2 Å². The van der Waals surface area contributed by atoms with Crippen LogP contribution in [0, 0.1) is 11.8 Å². The smallest absolute Gasteiger partial charge is 0.123 e. The van der Waals surface area contributed by atoms with Gasteiger partial charge in [0.15, 0.2) is 0 Å². The van der Waals surface area contributed by atoms with Crippen molar-refractivity contribution in [1.29, 1.82) is 0 Å². The van der Waals surface area contributed by atoms with E-state index in [1.54, 1.807) is 20.3 Å². The molecule has 0 saturated heterocycles. The highest BCUT2D eigenvalue weighted by molar-refractivity contribution is 5.46. The molecule has 1 aromatic rings. The van der Waals surface area contributed by atoms with Crippen LogP contribution in [0.1, 0.15) is 19.4 Å². The minimum absolute atomic E-state index is 0.504. The summed E-state index contributed by atoms with van der Waals surface area (Å²) >= 11 is 0. The average Bonchev–Trinajstić information content (AvgIpc) is 2.25. The maximum atomic E-state index is 5.79. The fraction of sp³-hybridized carbons (Fsp3) is 0.385. The maximum Gasteiger partial charge on any atom is 0.123 e. The van der Waals surface area contributed by atoms with Crippen molar-refractivity contribution in [3.05, 3.63) is 23.8 Å². The summed E-state index contributed by atoms with van der Waals surface area (Å²) in [6.07, 6.45) is 0. The van der Waals surface area contributed by atoms with Gasteiger partial charge < -0.3 is 15.2 Å². The first-order chi connectivity index (χ1) is 7.44. The standard InChI is InChI=1S/C13H17NO2/c1-13(2,14)6-5-10-7-11(15-3)9-12(8-10)16-4/h7-9H,14H2,1-4H3. The lowest BCUT2D eigenvalue weighted by molar-refractivity contribution is 0.394. The Morgan fingerprint density at radius 3 is 1.94 bits per heavy atom. The van der Waals surface area contributed by atoms with Gasteiger partial charge in [0, 0.05) is 11.6 Å². The van der Waals surface area contributed by atoms with Gasteiger partial charge >= 0.3 is 0 Å². The summed E-state index contributed by atoms with van der Waals surface area (Å²) in [7, 11) is 3.22. The van der Waals surface area contributed by atoms with E-state index in [9.17, 15) is 0 Å².